The Bertz CT molecular complexity index is 1140. The second-order valence-corrected chi connectivity index (χ2v) is 9.42. The van der Waals surface area contributed by atoms with E-state index in [2.05, 4.69) is 47.3 Å². The number of hydrogen-bond donors (Lipinski definition) is 1. The largest absolute Gasteiger partial charge is 0.481 e. The predicted molar refractivity (Wildman–Crippen MR) is 147 cm³/mol. The first-order valence-electron chi connectivity index (χ1n) is 13.0. The molecular formula is C32H36N2O2. The monoisotopic (exact) mass is 480 g/mol. The van der Waals surface area contributed by atoms with E-state index in [0.29, 0.717) is 18.2 Å². The number of unbranched alkanes of at least 4 members (excludes halogenated alkanes) is 1. The highest BCUT2D eigenvalue weighted by molar-refractivity contribution is 5.94. The van der Waals surface area contributed by atoms with Gasteiger partial charge in [-0.25, -0.2) is 0 Å². The minimum absolute atomic E-state index is 0.0174. The highest BCUT2D eigenvalue weighted by atomic mass is 16.5. The lowest BCUT2D eigenvalue weighted by molar-refractivity contribution is 0.0952. The summed E-state index contributed by atoms with van der Waals surface area (Å²) in [6.45, 7) is 5.44. The fourth-order valence-corrected chi connectivity index (χ4v) is 4.98. The summed E-state index contributed by atoms with van der Waals surface area (Å²) in [5, 5.41) is 3.08. The zero-order chi connectivity index (χ0) is 25.2. The smallest absolute Gasteiger partial charge is 0.251 e. The van der Waals surface area contributed by atoms with E-state index in [0.717, 1.165) is 55.6 Å². The lowest BCUT2D eigenvalue weighted by Gasteiger charge is -2.28. The van der Waals surface area contributed by atoms with Crippen molar-refractivity contribution in [3.8, 4) is 29.2 Å². The summed E-state index contributed by atoms with van der Waals surface area (Å²) in [5.74, 6) is 3.19. The van der Waals surface area contributed by atoms with Gasteiger partial charge in [0.15, 0.2) is 0 Å². The van der Waals surface area contributed by atoms with Crippen LogP contribution in [0, 0.1) is 12.3 Å². The summed E-state index contributed by atoms with van der Waals surface area (Å²) < 4.78 is 5.42. The highest BCUT2D eigenvalue weighted by Gasteiger charge is 2.25. The van der Waals surface area contributed by atoms with Gasteiger partial charge >= 0.3 is 0 Å². The molecule has 0 heterocycles. The van der Waals surface area contributed by atoms with Gasteiger partial charge in [0.25, 0.3) is 5.91 Å². The number of carbonyl (C=O) groups excluding carboxylic acids is 1. The molecule has 0 fully saturated rings. The minimum atomic E-state index is -0.0174. The van der Waals surface area contributed by atoms with Gasteiger partial charge in [-0.15, -0.1) is 6.42 Å². The average Bonchev–Trinajstić information content (AvgIpc) is 3.36. The molecule has 4 nitrogen and oxygen atoms in total. The Balaban J connectivity index is 1.20. The van der Waals surface area contributed by atoms with Crippen molar-refractivity contribution in [1.82, 2.24) is 10.2 Å². The summed E-state index contributed by atoms with van der Waals surface area (Å²) in [5.41, 5.74) is 5.82. The van der Waals surface area contributed by atoms with Crippen molar-refractivity contribution in [2.24, 2.45) is 0 Å². The number of amides is 1. The number of hydrogen-bond acceptors (Lipinski definition) is 3. The second kappa shape index (κ2) is 13.0. The van der Waals surface area contributed by atoms with Crippen LogP contribution in [0.4, 0.5) is 0 Å². The molecule has 0 atom stereocenters. The van der Waals surface area contributed by atoms with Crippen LogP contribution in [0.5, 0.6) is 5.75 Å². The molecule has 0 radical (unpaired) electrons. The number of rotatable bonds is 12. The van der Waals surface area contributed by atoms with Gasteiger partial charge in [-0.05, 0) is 91.7 Å². The molecule has 1 aliphatic carbocycles. The third-order valence-electron chi connectivity index (χ3n) is 6.87. The molecule has 3 aromatic rings. The Morgan fingerprint density at radius 2 is 1.58 bits per heavy atom. The molecule has 1 N–H and O–H groups in total. The van der Waals surface area contributed by atoms with E-state index in [9.17, 15) is 4.79 Å². The van der Waals surface area contributed by atoms with Crippen molar-refractivity contribution in [2.75, 3.05) is 26.2 Å². The Labute approximate surface area is 215 Å². The van der Waals surface area contributed by atoms with Crippen LogP contribution in [0.1, 0.15) is 47.7 Å². The summed E-state index contributed by atoms with van der Waals surface area (Å²) >= 11 is 0. The molecule has 0 aromatic heterocycles. The number of nitrogens with zero attached hydrogens (tertiary/aromatic N) is 1. The van der Waals surface area contributed by atoms with Crippen molar-refractivity contribution in [1.29, 1.82) is 0 Å². The second-order valence-electron chi connectivity index (χ2n) is 9.42. The molecule has 4 heteroatoms. The SMILES string of the molecule is C#CCOc1ccc(-c2ccc(C(=O)NCCCCN(CCC)C3Cc4ccccc4C3)cc2)cc1. The van der Waals surface area contributed by atoms with Gasteiger partial charge in [0, 0.05) is 18.2 Å². The van der Waals surface area contributed by atoms with Crippen LogP contribution in [-0.4, -0.2) is 43.1 Å². The summed E-state index contributed by atoms with van der Waals surface area (Å²) in [6, 6.07) is 25.0. The Kier molecular flexibility index (Phi) is 9.19. The maximum atomic E-state index is 12.6. The number of fused-ring (bicyclic) bond motifs is 1. The molecule has 0 spiro atoms. The molecule has 0 saturated heterocycles. The molecule has 0 saturated carbocycles. The molecule has 3 aromatic carbocycles. The highest BCUT2D eigenvalue weighted by Crippen LogP contribution is 2.26. The summed E-state index contributed by atoms with van der Waals surface area (Å²) in [7, 11) is 0. The molecule has 1 aliphatic rings. The first-order valence-corrected chi connectivity index (χ1v) is 13.0. The van der Waals surface area contributed by atoms with Gasteiger partial charge in [0.05, 0.1) is 0 Å². The fraction of sp³-hybridized carbons (Fsp3) is 0.344. The number of ether oxygens (including phenoxy) is 1. The van der Waals surface area contributed by atoms with E-state index in [4.69, 9.17) is 11.2 Å². The van der Waals surface area contributed by atoms with Crippen LogP contribution in [0.25, 0.3) is 11.1 Å². The van der Waals surface area contributed by atoms with Crippen LogP contribution < -0.4 is 10.1 Å². The number of benzene rings is 3. The van der Waals surface area contributed by atoms with Gasteiger partial charge in [0.1, 0.15) is 12.4 Å². The number of carbonyl (C=O) groups is 1. The molecule has 0 bridgehead atoms. The molecule has 4 rings (SSSR count). The maximum Gasteiger partial charge on any atom is 0.251 e. The van der Waals surface area contributed by atoms with E-state index >= 15 is 0 Å². The first-order chi connectivity index (χ1) is 17.7. The van der Waals surface area contributed by atoms with Crippen LogP contribution in [-0.2, 0) is 12.8 Å². The predicted octanol–water partition coefficient (Wildman–Crippen LogP) is 5.76. The van der Waals surface area contributed by atoms with Gasteiger partial charge in [0.2, 0.25) is 0 Å². The zero-order valence-electron chi connectivity index (χ0n) is 21.2. The summed E-state index contributed by atoms with van der Waals surface area (Å²) in [6.07, 6.45) is 10.8. The van der Waals surface area contributed by atoms with Crippen molar-refractivity contribution in [2.45, 2.75) is 45.1 Å². The average molecular weight is 481 g/mol. The Morgan fingerprint density at radius 3 is 2.19 bits per heavy atom. The quantitative estimate of drug-likeness (QED) is 0.265. The lowest BCUT2D eigenvalue weighted by atomic mass is 10.0. The molecule has 36 heavy (non-hydrogen) atoms. The molecule has 1 amide bonds. The van der Waals surface area contributed by atoms with E-state index in [1.807, 2.05) is 48.5 Å². The molecule has 186 valence electrons. The van der Waals surface area contributed by atoms with Crippen LogP contribution in [0.2, 0.25) is 0 Å². The Hall–Kier alpha value is -3.55. The standard InChI is InChI=1S/C32H36N2O2/c1-3-20-34(30-23-28-9-5-6-10-29(28)24-30)21-8-7-19-33-32(35)27-13-11-25(12-14-27)26-15-17-31(18-16-26)36-22-4-2/h2,5-6,9-18,30H,3,7-8,19-24H2,1H3,(H,33,35). The lowest BCUT2D eigenvalue weighted by Crippen LogP contribution is -2.37. The van der Waals surface area contributed by atoms with Gasteiger partial charge in [-0.1, -0.05) is 61.4 Å². The van der Waals surface area contributed by atoms with E-state index in [1.54, 1.807) is 0 Å². The molecular weight excluding hydrogens is 444 g/mol. The third-order valence-corrected chi connectivity index (χ3v) is 6.87. The molecule has 0 unspecified atom stereocenters. The summed E-state index contributed by atoms with van der Waals surface area (Å²) in [4.78, 5) is 15.3. The fourth-order valence-electron chi connectivity index (χ4n) is 4.98. The minimum Gasteiger partial charge on any atom is -0.481 e. The van der Waals surface area contributed by atoms with Crippen LogP contribution in [0.15, 0.2) is 72.8 Å². The molecule has 0 aliphatic heterocycles. The number of terminal acetylenes is 1. The van der Waals surface area contributed by atoms with Crippen molar-refractivity contribution >= 4 is 5.91 Å². The van der Waals surface area contributed by atoms with E-state index in [-0.39, 0.29) is 12.5 Å². The number of nitrogens with one attached hydrogen (secondary N) is 1. The van der Waals surface area contributed by atoms with Crippen molar-refractivity contribution < 1.29 is 9.53 Å². The topological polar surface area (TPSA) is 41.6 Å². The van der Waals surface area contributed by atoms with E-state index in [1.165, 1.54) is 17.5 Å². The van der Waals surface area contributed by atoms with Crippen molar-refractivity contribution in [3.63, 3.8) is 0 Å². The first kappa shape index (κ1) is 25.5. The van der Waals surface area contributed by atoms with Gasteiger partial charge in [-0.3, -0.25) is 9.69 Å². The van der Waals surface area contributed by atoms with Gasteiger partial charge in [-0.2, -0.15) is 0 Å². The Morgan fingerprint density at radius 1 is 0.944 bits per heavy atom. The van der Waals surface area contributed by atoms with Crippen LogP contribution in [0.3, 0.4) is 0 Å². The van der Waals surface area contributed by atoms with Crippen LogP contribution >= 0.6 is 0 Å². The third kappa shape index (κ3) is 6.77. The van der Waals surface area contributed by atoms with E-state index < -0.39 is 0 Å². The maximum absolute atomic E-state index is 12.6. The normalized spacial score (nSPS) is 12.8. The van der Waals surface area contributed by atoms with Crippen molar-refractivity contribution in [3.05, 3.63) is 89.5 Å². The van der Waals surface area contributed by atoms with Gasteiger partial charge < -0.3 is 10.1 Å². The zero-order valence-corrected chi connectivity index (χ0v) is 21.2.